The summed E-state index contributed by atoms with van der Waals surface area (Å²) in [5.41, 5.74) is -0.307. The van der Waals surface area contributed by atoms with Gasteiger partial charge >= 0.3 is 5.97 Å². The number of benzene rings is 2. The van der Waals surface area contributed by atoms with Gasteiger partial charge in [-0.15, -0.1) is 11.3 Å². The number of anilines is 1. The molecule has 0 fully saturated rings. The summed E-state index contributed by atoms with van der Waals surface area (Å²) in [6.45, 7) is -0.594. The van der Waals surface area contributed by atoms with Gasteiger partial charge in [-0.05, 0) is 29.7 Å². The van der Waals surface area contributed by atoms with Gasteiger partial charge in [-0.25, -0.2) is 13.6 Å². The van der Waals surface area contributed by atoms with E-state index in [0.29, 0.717) is 4.88 Å². The van der Waals surface area contributed by atoms with Crippen molar-refractivity contribution in [3.8, 4) is 0 Å². The number of halogens is 2. The van der Waals surface area contributed by atoms with Crippen molar-refractivity contribution in [1.29, 1.82) is 0 Å². The molecule has 0 atom stereocenters. The molecule has 7 heteroatoms. The maximum absolute atomic E-state index is 13.4. The Morgan fingerprint density at radius 2 is 1.88 bits per heavy atom. The Bertz CT molecular complexity index is 890. The normalized spacial score (nSPS) is 10.6. The molecule has 1 amide bonds. The number of rotatable bonds is 4. The summed E-state index contributed by atoms with van der Waals surface area (Å²) in [7, 11) is 0. The molecule has 2 aromatic carbocycles. The molecule has 0 aliphatic rings. The standard InChI is InChI=1S/C17H11F2NO3S/c18-11-5-6-12(19)13(8-11)20-16(21)9-23-17(22)15-7-10-3-1-2-4-14(10)24-15/h1-8H,9H2,(H,20,21). The summed E-state index contributed by atoms with van der Waals surface area (Å²) in [6.07, 6.45) is 0. The van der Waals surface area contributed by atoms with E-state index in [1.807, 2.05) is 24.3 Å². The minimum absolute atomic E-state index is 0.307. The van der Waals surface area contributed by atoms with Gasteiger partial charge in [-0.3, -0.25) is 4.79 Å². The van der Waals surface area contributed by atoms with Crippen LogP contribution in [0.3, 0.4) is 0 Å². The average Bonchev–Trinajstić information content (AvgIpc) is 3.00. The molecule has 3 rings (SSSR count). The van der Waals surface area contributed by atoms with Crippen LogP contribution in [0.2, 0.25) is 0 Å². The van der Waals surface area contributed by atoms with Crippen molar-refractivity contribution < 1.29 is 23.1 Å². The zero-order valence-electron chi connectivity index (χ0n) is 12.2. The molecule has 1 N–H and O–H groups in total. The highest BCUT2D eigenvalue weighted by molar-refractivity contribution is 7.20. The van der Waals surface area contributed by atoms with Gasteiger partial charge in [0.2, 0.25) is 0 Å². The summed E-state index contributed by atoms with van der Waals surface area (Å²) >= 11 is 1.25. The minimum atomic E-state index is -0.777. The lowest BCUT2D eigenvalue weighted by atomic mass is 10.2. The number of esters is 1. The van der Waals surface area contributed by atoms with E-state index < -0.39 is 30.1 Å². The van der Waals surface area contributed by atoms with Crippen molar-refractivity contribution in [2.24, 2.45) is 0 Å². The number of hydrogen-bond acceptors (Lipinski definition) is 4. The van der Waals surface area contributed by atoms with Crippen molar-refractivity contribution in [3.63, 3.8) is 0 Å². The van der Waals surface area contributed by atoms with Crippen molar-refractivity contribution in [2.45, 2.75) is 0 Å². The Balaban J connectivity index is 1.61. The molecule has 4 nitrogen and oxygen atoms in total. The molecule has 0 aliphatic carbocycles. The molecule has 0 bridgehead atoms. The van der Waals surface area contributed by atoms with Gasteiger partial charge in [-0.1, -0.05) is 18.2 Å². The summed E-state index contributed by atoms with van der Waals surface area (Å²) in [4.78, 5) is 24.0. The number of nitrogens with one attached hydrogen (secondary N) is 1. The second-order valence-corrected chi connectivity index (χ2v) is 5.98. The Hall–Kier alpha value is -2.80. The van der Waals surface area contributed by atoms with Gasteiger partial charge in [0.05, 0.1) is 5.69 Å². The van der Waals surface area contributed by atoms with E-state index in [9.17, 15) is 18.4 Å². The van der Waals surface area contributed by atoms with Crippen LogP contribution in [0.15, 0.2) is 48.5 Å². The number of thiophene rings is 1. The minimum Gasteiger partial charge on any atom is -0.451 e. The first kappa shape index (κ1) is 16.1. The van der Waals surface area contributed by atoms with Gasteiger partial charge in [0, 0.05) is 10.8 Å². The highest BCUT2D eigenvalue weighted by Gasteiger charge is 2.14. The lowest BCUT2D eigenvalue weighted by Gasteiger charge is -2.07. The summed E-state index contributed by atoms with van der Waals surface area (Å²) in [6, 6.07) is 11.8. The molecule has 1 aromatic heterocycles. The Morgan fingerprint density at radius 3 is 2.67 bits per heavy atom. The van der Waals surface area contributed by atoms with Crippen LogP contribution in [0.5, 0.6) is 0 Å². The Labute approximate surface area is 139 Å². The maximum atomic E-state index is 13.4. The maximum Gasteiger partial charge on any atom is 0.348 e. The van der Waals surface area contributed by atoms with E-state index >= 15 is 0 Å². The smallest absolute Gasteiger partial charge is 0.348 e. The number of ether oxygens (including phenoxy) is 1. The summed E-state index contributed by atoms with van der Waals surface area (Å²) in [5, 5.41) is 3.06. The molecule has 0 saturated carbocycles. The highest BCUT2D eigenvalue weighted by atomic mass is 32.1. The number of carbonyl (C=O) groups is 2. The Morgan fingerprint density at radius 1 is 1.08 bits per heavy atom. The highest BCUT2D eigenvalue weighted by Crippen LogP contribution is 2.25. The molecular weight excluding hydrogens is 336 g/mol. The van der Waals surface area contributed by atoms with Crippen molar-refractivity contribution in [1.82, 2.24) is 0 Å². The van der Waals surface area contributed by atoms with Crippen molar-refractivity contribution in [3.05, 3.63) is 65.0 Å². The van der Waals surface area contributed by atoms with Crippen molar-refractivity contribution >= 4 is 39.0 Å². The summed E-state index contributed by atoms with van der Waals surface area (Å²) < 4.78 is 32.3. The number of hydrogen-bond donors (Lipinski definition) is 1. The van der Waals surface area contributed by atoms with Gasteiger partial charge in [0.1, 0.15) is 16.5 Å². The van der Waals surface area contributed by atoms with Gasteiger partial charge in [-0.2, -0.15) is 0 Å². The first-order valence-corrected chi connectivity index (χ1v) is 7.75. The predicted octanol–water partition coefficient (Wildman–Crippen LogP) is 3.98. The van der Waals surface area contributed by atoms with Crippen molar-refractivity contribution in [2.75, 3.05) is 11.9 Å². The molecule has 0 saturated heterocycles. The van der Waals surface area contributed by atoms with Crippen LogP contribution < -0.4 is 5.32 Å². The van der Waals surface area contributed by atoms with Crippen LogP contribution in [0, 0.1) is 11.6 Å². The lowest BCUT2D eigenvalue weighted by Crippen LogP contribution is -2.21. The average molecular weight is 347 g/mol. The van der Waals surface area contributed by atoms with E-state index in [1.54, 1.807) is 6.07 Å². The van der Waals surface area contributed by atoms with Crippen LogP contribution in [-0.2, 0) is 9.53 Å². The summed E-state index contributed by atoms with van der Waals surface area (Å²) in [5.74, 6) is -2.87. The zero-order chi connectivity index (χ0) is 17.1. The quantitative estimate of drug-likeness (QED) is 0.727. The predicted molar refractivity (Wildman–Crippen MR) is 87.1 cm³/mol. The molecule has 122 valence electrons. The third-order valence-corrected chi connectivity index (χ3v) is 4.26. The second kappa shape index (κ2) is 6.76. The van der Waals surface area contributed by atoms with E-state index in [-0.39, 0.29) is 5.69 Å². The van der Waals surface area contributed by atoms with E-state index in [0.717, 1.165) is 28.3 Å². The van der Waals surface area contributed by atoms with E-state index in [2.05, 4.69) is 5.32 Å². The van der Waals surface area contributed by atoms with Crippen LogP contribution >= 0.6 is 11.3 Å². The number of fused-ring (bicyclic) bond motifs is 1. The SMILES string of the molecule is O=C(COC(=O)c1cc2ccccc2s1)Nc1cc(F)ccc1F. The van der Waals surface area contributed by atoms with E-state index in [1.165, 1.54) is 11.3 Å². The number of amides is 1. The first-order valence-electron chi connectivity index (χ1n) is 6.93. The molecule has 1 heterocycles. The number of carbonyl (C=O) groups excluding carboxylic acids is 2. The fraction of sp³-hybridized carbons (Fsp3) is 0.0588. The molecule has 0 aliphatic heterocycles. The van der Waals surface area contributed by atoms with Gasteiger partial charge < -0.3 is 10.1 Å². The third-order valence-electron chi connectivity index (χ3n) is 3.16. The van der Waals surface area contributed by atoms with Crippen LogP contribution in [-0.4, -0.2) is 18.5 Å². The molecule has 0 spiro atoms. The van der Waals surface area contributed by atoms with Gasteiger partial charge in [0.25, 0.3) is 5.91 Å². The molecule has 24 heavy (non-hydrogen) atoms. The fourth-order valence-electron chi connectivity index (χ4n) is 2.06. The van der Waals surface area contributed by atoms with E-state index in [4.69, 9.17) is 4.74 Å². The third kappa shape index (κ3) is 3.57. The fourth-order valence-corrected chi connectivity index (χ4v) is 3.02. The topological polar surface area (TPSA) is 55.4 Å². The first-order chi connectivity index (χ1) is 11.5. The zero-order valence-corrected chi connectivity index (χ0v) is 13.0. The molecule has 3 aromatic rings. The molecule has 0 unspecified atom stereocenters. The Kier molecular flexibility index (Phi) is 4.52. The van der Waals surface area contributed by atoms with Gasteiger partial charge in [0.15, 0.2) is 6.61 Å². The molecule has 0 radical (unpaired) electrons. The van der Waals surface area contributed by atoms with Crippen LogP contribution in [0.25, 0.3) is 10.1 Å². The largest absolute Gasteiger partial charge is 0.451 e. The lowest BCUT2D eigenvalue weighted by molar-refractivity contribution is -0.119. The molecular formula is C17H11F2NO3S. The monoisotopic (exact) mass is 347 g/mol. The second-order valence-electron chi connectivity index (χ2n) is 4.90. The van der Waals surface area contributed by atoms with Crippen LogP contribution in [0.1, 0.15) is 9.67 Å². The van der Waals surface area contributed by atoms with Crippen LogP contribution in [0.4, 0.5) is 14.5 Å².